The van der Waals surface area contributed by atoms with Crippen molar-refractivity contribution in [1.82, 2.24) is 9.97 Å². The molecule has 4 N–H and O–H groups in total. The third-order valence-electron chi connectivity index (χ3n) is 2.07. The number of carbonyl (C=O) groups is 1. The smallest absolute Gasteiger partial charge is 0.322 e. The summed E-state index contributed by atoms with van der Waals surface area (Å²) in [6.45, 7) is -0.184. The summed E-state index contributed by atoms with van der Waals surface area (Å²) in [4.78, 5) is 18.5. The van der Waals surface area contributed by atoms with Gasteiger partial charge in [-0.3, -0.25) is 4.79 Å². The first-order valence-corrected chi connectivity index (χ1v) is 4.63. The quantitative estimate of drug-likeness (QED) is 0.656. The molecule has 0 atom stereocenters. The maximum atomic E-state index is 10.4. The first-order chi connectivity index (χ1) is 7.66. The lowest BCUT2D eigenvalue weighted by atomic mass is 10.2. The Morgan fingerprint density at radius 1 is 1.44 bits per heavy atom. The molecule has 0 unspecified atom stereocenters. The molecule has 6 nitrogen and oxygen atoms in total. The second-order valence-corrected chi connectivity index (χ2v) is 3.25. The van der Waals surface area contributed by atoms with Crippen molar-refractivity contribution in [3.05, 3.63) is 24.5 Å². The molecule has 2 aromatic rings. The monoisotopic (exact) mass is 218 g/mol. The van der Waals surface area contributed by atoms with Crippen molar-refractivity contribution in [3.63, 3.8) is 0 Å². The topological polar surface area (TPSA) is 101 Å². The van der Waals surface area contributed by atoms with Crippen LogP contribution in [-0.2, 0) is 4.79 Å². The molecular weight excluding hydrogens is 208 g/mol. The molecule has 0 fully saturated rings. The normalized spacial score (nSPS) is 10.2. The molecule has 0 saturated heterocycles. The number of hydrogen-bond acceptors (Lipinski definition) is 5. The minimum absolute atomic E-state index is 0.184. The van der Waals surface area contributed by atoms with Crippen LogP contribution >= 0.6 is 0 Å². The van der Waals surface area contributed by atoms with Gasteiger partial charge in [-0.15, -0.1) is 0 Å². The number of fused-ring (bicyclic) bond motifs is 1. The van der Waals surface area contributed by atoms with E-state index in [4.69, 9.17) is 10.8 Å². The fraction of sp³-hybridized carbons (Fsp3) is 0.100. The Hall–Kier alpha value is -2.37. The van der Waals surface area contributed by atoms with Gasteiger partial charge in [0.2, 0.25) is 0 Å². The summed E-state index contributed by atoms with van der Waals surface area (Å²) in [7, 11) is 0. The summed E-state index contributed by atoms with van der Waals surface area (Å²) < 4.78 is 0. The molecule has 0 bridgehead atoms. The zero-order chi connectivity index (χ0) is 11.5. The minimum atomic E-state index is -0.942. The first-order valence-electron chi connectivity index (χ1n) is 4.63. The number of aromatic nitrogens is 2. The van der Waals surface area contributed by atoms with Crippen LogP contribution in [0.4, 0.5) is 11.5 Å². The van der Waals surface area contributed by atoms with E-state index in [-0.39, 0.29) is 6.54 Å². The van der Waals surface area contributed by atoms with Gasteiger partial charge in [-0.25, -0.2) is 9.97 Å². The van der Waals surface area contributed by atoms with Crippen molar-refractivity contribution in [2.45, 2.75) is 0 Å². The van der Waals surface area contributed by atoms with E-state index < -0.39 is 5.97 Å². The summed E-state index contributed by atoms with van der Waals surface area (Å²) in [5.74, 6) is -0.449. The lowest BCUT2D eigenvalue weighted by Crippen LogP contribution is -2.13. The largest absolute Gasteiger partial charge is 0.480 e. The SMILES string of the molecule is Nc1ccc2c(NCC(=O)O)ncnc2c1. The van der Waals surface area contributed by atoms with Gasteiger partial charge in [0.15, 0.2) is 0 Å². The van der Waals surface area contributed by atoms with Crippen LogP contribution in [0.15, 0.2) is 24.5 Å². The number of aliphatic carboxylic acids is 1. The summed E-state index contributed by atoms with van der Waals surface area (Å²) in [6.07, 6.45) is 1.37. The molecule has 2 rings (SSSR count). The van der Waals surface area contributed by atoms with Crippen molar-refractivity contribution >= 4 is 28.4 Å². The Balaban J connectivity index is 2.41. The van der Waals surface area contributed by atoms with Gasteiger partial charge in [-0.2, -0.15) is 0 Å². The van der Waals surface area contributed by atoms with Gasteiger partial charge in [0.05, 0.1) is 5.52 Å². The number of anilines is 2. The Morgan fingerprint density at radius 3 is 3.00 bits per heavy atom. The maximum absolute atomic E-state index is 10.4. The van der Waals surface area contributed by atoms with Gasteiger partial charge < -0.3 is 16.2 Å². The van der Waals surface area contributed by atoms with E-state index in [2.05, 4.69) is 15.3 Å². The number of carboxylic acids is 1. The number of rotatable bonds is 3. The Labute approximate surface area is 91.1 Å². The summed E-state index contributed by atoms with van der Waals surface area (Å²) in [5.41, 5.74) is 6.91. The molecule has 82 valence electrons. The number of benzene rings is 1. The fourth-order valence-electron chi connectivity index (χ4n) is 1.37. The van der Waals surface area contributed by atoms with Gasteiger partial charge in [0, 0.05) is 11.1 Å². The molecule has 1 aromatic carbocycles. The predicted octanol–water partition coefficient (Wildman–Crippen LogP) is 0.708. The van der Waals surface area contributed by atoms with Gasteiger partial charge in [-0.05, 0) is 18.2 Å². The lowest BCUT2D eigenvalue weighted by Gasteiger charge is -2.06. The molecular formula is C10H10N4O2. The molecule has 0 aliphatic rings. The zero-order valence-electron chi connectivity index (χ0n) is 8.34. The van der Waals surface area contributed by atoms with Gasteiger partial charge >= 0.3 is 5.97 Å². The number of nitrogens with one attached hydrogen (secondary N) is 1. The van der Waals surface area contributed by atoms with Crippen LogP contribution < -0.4 is 11.1 Å². The van der Waals surface area contributed by atoms with Crippen molar-refractivity contribution in [3.8, 4) is 0 Å². The Morgan fingerprint density at radius 2 is 2.25 bits per heavy atom. The minimum Gasteiger partial charge on any atom is -0.480 e. The van der Waals surface area contributed by atoms with E-state index in [0.717, 1.165) is 5.39 Å². The van der Waals surface area contributed by atoms with Crippen LogP contribution in [0.3, 0.4) is 0 Å². The van der Waals surface area contributed by atoms with E-state index in [9.17, 15) is 4.79 Å². The zero-order valence-corrected chi connectivity index (χ0v) is 8.34. The number of nitrogen functional groups attached to an aromatic ring is 1. The number of nitrogens with zero attached hydrogens (tertiary/aromatic N) is 2. The second-order valence-electron chi connectivity index (χ2n) is 3.25. The highest BCUT2D eigenvalue weighted by atomic mass is 16.4. The highest BCUT2D eigenvalue weighted by molar-refractivity contribution is 5.91. The van der Waals surface area contributed by atoms with E-state index in [1.807, 2.05) is 0 Å². The van der Waals surface area contributed by atoms with Gasteiger partial charge in [0.25, 0.3) is 0 Å². The Bertz CT molecular complexity index is 541. The molecule has 1 aromatic heterocycles. The average molecular weight is 218 g/mol. The fourth-order valence-corrected chi connectivity index (χ4v) is 1.37. The third-order valence-corrected chi connectivity index (χ3v) is 2.07. The summed E-state index contributed by atoms with van der Waals surface area (Å²) in [6, 6.07) is 5.19. The highest BCUT2D eigenvalue weighted by Gasteiger charge is 2.04. The second kappa shape index (κ2) is 4.01. The standard InChI is InChI=1S/C10H10N4O2/c11-6-1-2-7-8(3-6)13-5-14-10(7)12-4-9(15)16/h1-3,5H,4,11H2,(H,15,16)(H,12,13,14). The summed E-state index contributed by atoms with van der Waals surface area (Å²) >= 11 is 0. The van der Waals surface area contributed by atoms with Crippen molar-refractivity contribution in [2.24, 2.45) is 0 Å². The number of hydrogen-bond donors (Lipinski definition) is 3. The van der Waals surface area contributed by atoms with Crippen LogP contribution in [0.2, 0.25) is 0 Å². The molecule has 0 aliphatic carbocycles. The summed E-state index contributed by atoms with van der Waals surface area (Å²) in [5, 5.41) is 12.0. The van der Waals surface area contributed by atoms with Crippen molar-refractivity contribution in [2.75, 3.05) is 17.6 Å². The van der Waals surface area contributed by atoms with E-state index in [1.165, 1.54) is 6.33 Å². The number of carboxylic acid groups (broad SMARTS) is 1. The molecule has 0 aliphatic heterocycles. The van der Waals surface area contributed by atoms with Crippen LogP contribution in [-0.4, -0.2) is 27.6 Å². The molecule has 16 heavy (non-hydrogen) atoms. The van der Waals surface area contributed by atoms with Gasteiger partial charge in [-0.1, -0.05) is 0 Å². The number of nitrogens with two attached hydrogens (primary N) is 1. The predicted molar refractivity (Wildman–Crippen MR) is 60.1 cm³/mol. The van der Waals surface area contributed by atoms with Crippen molar-refractivity contribution < 1.29 is 9.90 Å². The lowest BCUT2D eigenvalue weighted by molar-refractivity contribution is -0.134. The van der Waals surface area contributed by atoms with Crippen LogP contribution in [0.1, 0.15) is 0 Å². The van der Waals surface area contributed by atoms with E-state index in [1.54, 1.807) is 18.2 Å². The third kappa shape index (κ3) is 2.00. The molecule has 1 heterocycles. The average Bonchev–Trinajstić information content (AvgIpc) is 2.25. The molecule has 0 radical (unpaired) electrons. The van der Waals surface area contributed by atoms with Crippen LogP contribution in [0.5, 0.6) is 0 Å². The molecule has 6 heteroatoms. The Kier molecular flexibility index (Phi) is 2.55. The van der Waals surface area contributed by atoms with Gasteiger partial charge in [0.1, 0.15) is 18.7 Å². The van der Waals surface area contributed by atoms with Crippen molar-refractivity contribution in [1.29, 1.82) is 0 Å². The highest BCUT2D eigenvalue weighted by Crippen LogP contribution is 2.20. The molecule has 0 spiro atoms. The maximum Gasteiger partial charge on any atom is 0.322 e. The molecule has 0 saturated carbocycles. The molecule has 0 amide bonds. The van der Waals surface area contributed by atoms with Crippen LogP contribution in [0, 0.1) is 0 Å². The first kappa shape index (κ1) is 10.2. The van der Waals surface area contributed by atoms with E-state index in [0.29, 0.717) is 17.0 Å². The van der Waals surface area contributed by atoms with E-state index >= 15 is 0 Å². The van der Waals surface area contributed by atoms with Crippen LogP contribution in [0.25, 0.3) is 10.9 Å².